The van der Waals surface area contributed by atoms with E-state index in [4.69, 9.17) is 21.3 Å². The van der Waals surface area contributed by atoms with E-state index >= 15 is 0 Å². The minimum atomic E-state index is -0.289. The van der Waals surface area contributed by atoms with Crippen LogP contribution in [-0.4, -0.2) is 58.8 Å². The van der Waals surface area contributed by atoms with E-state index in [1.165, 1.54) is 6.33 Å². The molecule has 3 aromatic rings. The van der Waals surface area contributed by atoms with Crippen LogP contribution in [0.2, 0.25) is 5.02 Å². The molecule has 0 radical (unpaired) electrons. The van der Waals surface area contributed by atoms with Crippen molar-refractivity contribution in [2.75, 3.05) is 31.6 Å². The predicted octanol–water partition coefficient (Wildman–Crippen LogP) is 4.30. The predicted molar refractivity (Wildman–Crippen MR) is 127 cm³/mol. The summed E-state index contributed by atoms with van der Waals surface area (Å²) in [5, 5.41) is 5.28. The topological polar surface area (TPSA) is 92.6 Å². The molecule has 8 nitrogen and oxygen atoms in total. The number of aliphatic imine (C=N–C) groups is 1. The number of hydrogen-bond donors (Lipinski definition) is 1. The number of halogens is 1. The summed E-state index contributed by atoms with van der Waals surface area (Å²) in [5.74, 6) is 0.344. The van der Waals surface area contributed by atoms with Crippen molar-refractivity contribution in [3.05, 3.63) is 59.3 Å². The van der Waals surface area contributed by atoms with E-state index < -0.39 is 0 Å². The summed E-state index contributed by atoms with van der Waals surface area (Å²) in [7, 11) is 0. The number of anilines is 1. The number of ether oxygens (including phenoxy) is 1. The molecule has 0 bridgehead atoms. The first kappa shape index (κ1) is 21.9. The normalized spacial score (nSPS) is 14.8. The molecule has 1 N–H and O–H groups in total. The third kappa shape index (κ3) is 4.19. The fourth-order valence-electron chi connectivity index (χ4n) is 3.66. The molecule has 164 valence electrons. The van der Waals surface area contributed by atoms with Gasteiger partial charge in [0, 0.05) is 18.5 Å². The Balaban J connectivity index is 1.76. The molecule has 1 amide bonds. The number of rotatable bonds is 6. The number of amides is 1. The standard InChI is InChI=1S/C23H23ClN6O2/c1-4-17-20(25-3)22(27-13-26-17)28-14(2)18-12-15-6-5-7-16(24)19(15)21(29-18)23(31)30-8-10-32-11-9-30/h4-7,12-14H,1,3,8-11H2,2H3,(H,26,27,28)/t14-/m0/s1. The molecule has 1 fully saturated rings. The maximum atomic E-state index is 13.4. The number of benzene rings is 1. The van der Waals surface area contributed by atoms with Gasteiger partial charge in [-0.25, -0.2) is 15.0 Å². The molecule has 1 saturated heterocycles. The third-order valence-corrected chi connectivity index (χ3v) is 5.64. The summed E-state index contributed by atoms with van der Waals surface area (Å²) in [4.78, 5) is 32.3. The van der Waals surface area contributed by atoms with Crippen LogP contribution in [0, 0.1) is 0 Å². The quantitative estimate of drug-likeness (QED) is 0.563. The SMILES string of the molecule is C=Cc1ncnc(N[C@@H](C)c2cc3cccc(Cl)c3c(C(=O)N3CCOCC3)n2)c1N=C. The van der Waals surface area contributed by atoms with Crippen molar-refractivity contribution in [3.8, 4) is 0 Å². The highest BCUT2D eigenvalue weighted by molar-refractivity contribution is 6.36. The molecule has 4 rings (SSSR count). The summed E-state index contributed by atoms with van der Waals surface area (Å²) < 4.78 is 5.38. The zero-order valence-electron chi connectivity index (χ0n) is 17.7. The van der Waals surface area contributed by atoms with Crippen LogP contribution in [0.15, 0.2) is 42.2 Å². The molecule has 0 spiro atoms. The van der Waals surface area contributed by atoms with E-state index in [1.807, 2.05) is 25.1 Å². The zero-order valence-corrected chi connectivity index (χ0v) is 18.5. The Morgan fingerprint density at radius 1 is 1.34 bits per heavy atom. The monoisotopic (exact) mass is 450 g/mol. The summed E-state index contributed by atoms with van der Waals surface area (Å²) in [5.41, 5.74) is 2.08. The molecule has 1 atom stereocenters. The fourth-order valence-corrected chi connectivity index (χ4v) is 3.93. The van der Waals surface area contributed by atoms with Gasteiger partial charge in [0.2, 0.25) is 0 Å². The van der Waals surface area contributed by atoms with E-state index in [1.54, 1.807) is 17.0 Å². The van der Waals surface area contributed by atoms with Gasteiger partial charge in [0.05, 0.1) is 35.7 Å². The molecule has 0 aliphatic carbocycles. The maximum Gasteiger partial charge on any atom is 0.273 e. The Bertz CT molecular complexity index is 1190. The first-order chi connectivity index (χ1) is 15.5. The van der Waals surface area contributed by atoms with Crippen molar-refractivity contribution >= 4 is 52.6 Å². The van der Waals surface area contributed by atoms with Crippen LogP contribution in [0.5, 0.6) is 0 Å². The molecule has 1 aromatic carbocycles. The second-order valence-corrected chi connectivity index (χ2v) is 7.73. The molecule has 9 heteroatoms. The second kappa shape index (κ2) is 9.42. The number of fused-ring (bicyclic) bond motifs is 1. The Morgan fingerprint density at radius 2 is 2.12 bits per heavy atom. The van der Waals surface area contributed by atoms with Gasteiger partial charge in [0.15, 0.2) is 5.82 Å². The van der Waals surface area contributed by atoms with Gasteiger partial charge < -0.3 is 15.0 Å². The van der Waals surface area contributed by atoms with Gasteiger partial charge >= 0.3 is 0 Å². The molecule has 0 unspecified atom stereocenters. The van der Waals surface area contributed by atoms with Crippen LogP contribution < -0.4 is 5.32 Å². The van der Waals surface area contributed by atoms with Crippen LogP contribution in [0.4, 0.5) is 11.5 Å². The molecule has 2 aromatic heterocycles. The van der Waals surface area contributed by atoms with E-state index in [2.05, 4.69) is 33.6 Å². The van der Waals surface area contributed by atoms with Crippen LogP contribution in [0.1, 0.15) is 34.8 Å². The van der Waals surface area contributed by atoms with Gasteiger partial charge in [0.25, 0.3) is 5.91 Å². The first-order valence-corrected chi connectivity index (χ1v) is 10.6. The Kier molecular flexibility index (Phi) is 6.43. The molecule has 1 aliphatic rings. The van der Waals surface area contributed by atoms with Gasteiger partial charge in [-0.1, -0.05) is 30.3 Å². The number of hydrogen-bond acceptors (Lipinski definition) is 7. The highest BCUT2D eigenvalue weighted by Gasteiger charge is 2.25. The highest BCUT2D eigenvalue weighted by atomic mass is 35.5. The van der Waals surface area contributed by atoms with E-state index in [0.29, 0.717) is 65.3 Å². The minimum Gasteiger partial charge on any atom is -0.378 e. The largest absolute Gasteiger partial charge is 0.378 e. The fraction of sp³-hybridized carbons (Fsp3) is 0.261. The van der Waals surface area contributed by atoms with Crippen LogP contribution >= 0.6 is 11.6 Å². The van der Waals surface area contributed by atoms with Crippen molar-refractivity contribution in [3.63, 3.8) is 0 Å². The zero-order chi connectivity index (χ0) is 22.7. The summed E-state index contributed by atoms with van der Waals surface area (Å²) >= 11 is 6.48. The summed E-state index contributed by atoms with van der Waals surface area (Å²) in [6, 6.07) is 7.18. The van der Waals surface area contributed by atoms with Crippen LogP contribution in [0.3, 0.4) is 0 Å². The smallest absolute Gasteiger partial charge is 0.273 e. The van der Waals surface area contributed by atoms with Gasteiger partial charge in [-0.05, 0) is 37.2 Å². The maximum absolute atomic E-state index is 13.4. The van der Waals surface area contributed by atoms with Gasteiger partial charge in [-0.15, -0.1) is 0 Å². The number of nitrogens with one attached hydrogen (secondary N) is 1. The third-order valence-electron chi connectivity index (χ3n) is 5.33. The molecular formula is C23H23ClN6O2. The molecular weight excluding hydrogens is 428 g/mol. The van der Waals surface area contributed by atoms with E-state index in [9.17, 15) is 4.79 Å². The number of nitrogens with zero attached hydrogens (tertiary/aromatic N) is 5. The van der Waals surface area contributed by atoms with Gasteiger partial charge in [-0.2, -0.15) is 0 Å². The van der Waals surface area contributed by atoms with Crippen molar-refractivity contribution in [2.24, 2.45) is 4.99 Å². The Labute approximate surface area is 191 Å². The average molecular weight is 451 g/mol. The first-order valence-electron chi connectivity index (χ1n) is 10.2. The molecule has 0 saturated carbocycles. The van der Waals surface area contributed by atoms with Crippen LogP contribution in [-0.2, 0) is 4.74 Å². The number of pyridine rings is 1. The lowest BCUT2D eigenvalue weighted by Gasteiger charge is -2.27. The van der Waals surface area contributed by atoms with E-state index in [-0.39, 0.29) is 11.9 Å². The number of carbonyl (C=O) groups excluding carboxylic acids is 1. The number of aromatic nitrogens is 3. The minimum absolute atomic E-state index is 0.162. The average Bonchev–Trinajstić information content (AvgIpc) is 2.83. The lowest BCUT2D eigenvalue weighted by Crippen LogP contribution is -2.41. The Morgan fingerprint density at radius 3 is 2.84 bits per heavy atom. The van der Waals surface area contributed by atoms with Crippen molar-refractivity contribution in [1.29, 1.82) is 0 Å². The lowest BCUT2D eigenvalue weighted by atomic mass is 10.0. The molecule has 1 aliphatic heterocycles. The summed E-state index contributed by atoms with van der Waals surface area (Å²) in [6.07, 6.45) is 3.03. The second-order valence-electron chi connectivity index (χ2n) is 7.32. The van der Waals surface area contributed by atoms with E-state index in [0.717, 1.165) is 5.39 Å². The summed E-state index contributed by atoms with van der Waals surface area (Å²) in [6.45, 7) is 11.3. The highest BCUT2D eigenvalue weighted by Crippen LogP contribution is 2.32. The molecule has 3 heterocycles. The van der Waals surface area contributed by atoms with Crippen molar-refractivity contribution < 1.29 is 9.53 Å². The van der Waals surface area contributed by atoms with Gasteiger partial charge in [0.1, 0.15) is 17.7 Å². The Hall–Kier alpha value is -3.36. The number of morpholine rings is 1. The molecule has 32 heavy (non-hydrogen) atoms. The lowest BCUT2D eigenvalue weighted by molar-refractivity contribution is 0.0300. The van der Waals surface area contributed by atoms with Crippen molar-refractivity contribution in [2.45, 2.75) is 13.0 Å². The van der Waals surface area contributed by atoms with Gasteiger partial charge in [-0.3, -0.25) is 9.79 Å². The van der Waals surface area contributed by atoms with Crippen molar-refractivity contribution in [1.82, 2.24) is 19.9 Å². The number of carbonyl (C=O) groups is 1. The van der Waals surface area contributed by atoms with Crippen LogP contribution in [0.25, 0.3) is 16.8 Å².